The average molecular weight is 413 g/mol. The molecular weight excluding hydrogens is 386 g/mol. The molecule has 156 valence electrons. The average Bonchev–Trinajstić information content (AvgIpc) is 2.83. The van der Waals surface area contributed by atoms with E-state index in [9.17, 15) is 5.11 Å². The molecule has 3 aromatic carbocycles. The molecule has 1 heterocycles. The number of aromatic hydroxyl groups is 1. The minimum absolute atomic E-state index is 0.291. The van der Waals surface area contributed by atoms with Crippen molar-refractivity contribution in [1.29, 1.82) is 0 Å². The Morgan fingerprint density at radius 2 is 1.13 bits per heavy atom. The van der Waals surface area contributed by atoms with Crippen LogP contribution in [-0.2, 0) is 13.0 Å². The highest BCUT2D eigenvalue weighted by Crippen LogP contribution is 2.27. The largest absolute Gasteiger partial charge is 0.508 e. The van der Waals surface area contributed by atoms with Gasteiger partial charge in [0.1, 0.15) is 17.2 Å². The molecule has 0 spiro atoms. The Morgan fingerprint density at radius 1 is 0.645 bits per heavy atom. The van der Waals surface area contributed by atoms with Gasteiger partial charge in [-0.1, -0.05) is 36.4 Å². The van der Waals surface area contributed by atoms with Crippen molar-refractivity contribution >= 4 is 0 Å². The van der Waals surface area contributed by atoms with E-state index in [2.05, 4.69) is 47.3 Å². The number of phenolic OH excluding ortho intramolecular Hbond substituents is 1. The molecule has 0 aliphatic heterocycles. The second-order valence-electron chi connectivity index (χ2n) is 7.42. The van der Waals surface area contributed by atoms with Crippen molar-refractivity contribution < 1.29 is 19.1 Å². The number of methoxy groups -OCH3 is 2. The summed E-state index contributed by atoms with van der Waals surface area (Å²) in [6.45, 7) is 0.831. The standard InChI is InChI=1S/C27H25NO3/c1-30-26-11-5-21(6-12-26)23-17-24(22-7-13-27(31-2)14-8-22)19-28(18-23)16-15-20-3-9-25(29)10-4-20/h3-14,17-19H,15-16H2,1-2H3/p+1. The molecule has 0 saturated carbocycles. The molecule has 0 atom stereocenters. The fraction of sp³-hybridized carbons (Fsp3) is 0.148. The Labute approximate surface area is 183 Å². The van der Waals surface area contributed by atoms with E-state index in [-0.39, 0.29) is 0 Å². The van der Waals surface area contributed by atoms with E-state index in [1.54, 1.807) is 26.4 Å². The van der Waals surface area contributed by atoms with E-state index in [1.807, 2.05) is 36.4 Å². The minimum atomic E-state index is 0.291. The summed E-state index contributed by atoms with van der Waals surface area (Å²) in [6.07, 6.45) is 5.23. The lowest BCUT2D eigenvalue weighted by Gasteiger charge is -2.08. The van der Waals surface area contributed by atoms with Gasteiger partial charge in [0.2, 0.25) is 0 Å². The fourth-order valence-electron chi connectivity index (χ4n) is 3.57. The third-order valence-electron chi connectivity index (χ3n) is 5.36. The SMILES string of the molecule is COc1ccc(-c2cc(-c3ccc(OC)cc3)c[n+](CCc3ccc(O)cc3)c2)cc1. The fourth-order valence-corrected chi connectivity index (χ4v) is 3.57. The number of aromatic nitrogens is 1. The molecule has 0 saturated heterocycles. The van der Waals surface area contributed by atoms with Crippen LogP contribution in [0.15, 0.2) is 91.3 Å². The van der Waals surface area contributed by atoms with Gasteiger partial charge in [0.05, 0.1) is 14.2 Å². The molecule has 4 aromatic rings. The van der Waals surface area contributed by atoms with Crippen LogP contribution in [0.1, 0.15) is 5.56 Å². The van der Waals surface area contributed by atoms with Crippen LogP contribution < -0.4 is 14.0 Å². The van der Waals surface area contributed by atoms with Crippen LogP contribution in [0.3, 0.4) is 0 Å². The van der Waals surface area contributed by atoms with E-state index in [1.165, 1.54) is 5.56 Å². The molecule has 0 aliphatic carbocycles. The molecule has 0 bridgehead atoms. The molecule has 0 aliphatic rings. The van der Waals surface area contributed by atoms with Gasteiger partial charge in [-0.25, -0.2) is 4.57 Å². The number of benzene rings is 3. The van der Waals surface area contributed by atoms with E-state index in [4.69, 9.17) is 9.47 Å². The van der Waals surface area contributed by atoms with Gasteiger partial charge in [0.25, 0.3) is 0 Å². The minimum Gasteiger partial charge on any atom is -0.508 e. The van der Waals surface area contributed by atoms with Crippen molar-refractivity contribution in [3.05, 3.63) is 96.8 Å². The van der Waals surface area contributed by atoms with Crippen molar-refractivity contribution in [2.24, 2.45) is 0 Å². The van der Waals surface area contributed by atoms with Crippen molar-refractivity contribution in [3.8, 4) is 39.5 Å². The van der Waals surface area contributed by atoms with Gasteiger partial charge >= 0.3 is 0 Å². The van der Waals surface area contributed by atoms with Gasteiger partial charge in [-0.15, -0.1) is 0 Å². The number of pyridine rings is 1. The predicted octanol–water partition coefficient (Wildman–Crippen LogP) is 5.27. The molecule has 4 nitrogen and oxygen atoms in total. The van der Waals surface area contributed by atoms with E-state index >= 15 is 0 Å². The van der Waals surface area contributed by atoms with Gasteiger partial charge < -0.3 is 14.6 Å². The number of aryl methyl sites for hydroxylation is 2. The Kier molecular flexibility index (Phi) is 6.18. The first kappa shape index (κ1) is 20.5. The van der Waals surface area contributed by atoms with Gasteiger partial charge in [0.15, 0.2) is 18.9 Å². The Morgan fingerprint density at radius 3 is 1.58 bits per heavy atom. The van der Waals surface area contributed by atoms with Crippen molar-refractivity contribution in [2.45, 2.75) is 13.0 Å². The topological polar surface area (TPSA) is 42.6 Å². The number of ether oxygens (including phenoxy) is 2. The molecule has 31 heavy (non-hydrogen) atoms. The monoisotopic (exact) mass is 412 g/mol. The Hall–Kier alpha value is -3.79. The number of hydrogen-bond acceptors (Lipinski definition) is 3. The van der Waals surface area contributed by atoms with Crippen molar-refractivity contribution in [1.82, 2.24) is 0 Å². The number of rotatable bonds is 7. The summed E-state index contributed by atoms with van der Waals surface area (Å²) in [5.41, 5.74) is 5.73. The van der Waals surface area contributed by atoms with Gasteiger partial charge in [-0.2, -0.15) is 0 Å². The lowest BCUT2D eigenvalue weighted by Crippen LogP contribution is -2.34. The summed E-state index contributed by atoms with van der Waals surface area (Å²) >= 11 is 0. The van der Waals surface area contributed by atoms with Crippen LogP contribution in [0, 0.1) is 0 Å². The highest BCUT2D eigenvalue weighted by Gasteiger charge is 2.12. The second-order valence-corrected chi connectivity index (χ2v) is 7.42. The van der Waals surface area contributed by atoms with Crippen molar-refractivity contribution in [2.75, 3.05) is 14.2 Å². The van der Waals surface area contributed by atoms with Crippen LogP contribution in [-0.4, -0.2) is 19.3 Å². The molecular formula is C27H26NO3+. The quantitative estimate of drug-likeness (QED) is 0.420. The zero-order valence-corrected chi connectivity index (χ0v) is 17.8. The molecule has 0 unspecified atom stereocenters. The van der Waals surface area contributed by atoms with Crippen LogP contribution in [0.25, 0.3) is 22.3 Å². The molecule has 0 fully saturated rings. The molecule has 1 aromatic heterocycles. The zero-order chi connectivity index (χ0) is 21.6. The van der Waals surface area contributed by atoms with Crippen LogP contribution in [0.2, 0.25) is 0 Å². The van der Waals surface area contributed by atoms with Crippen LogP contribution in [0.5, 0.6) is 17.2 Å². The molecule has 4 heteroatoms. The van der Waals surface area contributed by atoms with E-state index in [0.717, 1.165) is 46.7 Å². The first-order chi connectivity index (χ1) is 15.1. The van der Waals surface area contributed by atoms with Gasteiger partial charge in [-0.3, -0.25) is 0 Å². The normalized spacial score (nSPS) is 10.6. The predicted molar refractivity (Wildman–Crippen MR) is 122 cm³/mol. The second kappa shape index (κ2) is 9.35. The molecule has 1 N–H and O–H groups in total. The maximum atomic E-state index is 9.52. The third kappa shape index (κ3) is 5.04. The molecule has 4 rings (SSSR count). The van der Waals surface area contributed by atoms with Gasteiger partial charge in [-0.05, 0) is 59.2 Å². The number of phenols is 1. The van der Waals surface area contributed by atoms with Crippen LogP contribution >= 0.6 is 0 Å². The summed E-state index contributed by atoms with van der Waals surface area (Å²) in [5.74, 6) is 1.98. The smallest absolute Gasteiger partial charge is 0.176 e. The summed E-state index contributed by atoms with van der Waals surface area (Å²) in [7, 11) is 3.35. The zero-order valence-electron chi connectivity index (χ0n) is 17.8. The van der Waals surface area contributed by atoms with E-state index in [0.29, 0.717) is 5.75 Å². The van der Waals surface area contributed by atoms with E-state index < -0.39 is 0 Å². The molecule has 0 radical (unpaired) electrons. The third-order valence-corrected chi connectivity index (χ3v) is 5.36. The maximum absolute atomic E-state index is 9.52. The summed E-state index contributed by atoms with van der Waals surface area (Å²) in [4.78, 5) is 0. The maximum Gasteiger partial charge on any atom is 0.176 e. The lowest BCUT2D eigenvalue weighted by molar-refractivity contribution is -0.695. The van der Waals surface area contributed by atoms with Gasteiger partial charge in [0, 0.05) is 17.5 Å². The highest BCUT2D eigenvalue weighted by atomic mass is 16.5. The number of nitrogens with zero attached hydrogens (tertiary/aromatic N) is 1. The Bertz CT molecular complexity index is 1070. The number of hydrogen-bond donors (Lipinski definition) is 1. The summed E-state index contributed by atoms with van der Waals surface area (Å²) in [6, 6.07) is 25.9. The Balaban J connectivity index is 1.68. The van der Waals surface area contributed by atoms with Crippen LogP contribution in [0.4, 0.5) is 0 Å². The summed E-state index contributed by atoms with van der Waals surface area (Å²) < 4.78 is 12.8. The summed E-state index contributed by atoms with van der Waals surface area (Å²) in [5, 5.41) is 9.52. The van der Waals surface area contributed by atoms with Crippen molar-refractivity contribution in [3.63, 3.8) is 0 Å². The first-order valence-corrected chi connectivity index (χ1v) is 10.3. The molecule has 0 amide bonds. The highest BCUT2D eigenvalue weighted by molar-refractivity contribution is 5.71. The first-order valence-electron chi connectivity index (χ1n) is 10.3. The lowest BCUT2D eigenvalue weighted by atomic mass is 10.0.